The summed E-state index contributed by atoms with van der Waals surface area (Å²) in [5.41, 5.74) is 5.14. The summed E-state index contributed by atoms with van der Waals surface area (Å²) in [6, 6.07) is 5.38. The third kappa shape index (κ3) is 3.08. The Morgan fingerprint density at radius 2 is 2.10 bits per heavy atom. The zero-order chi connectivity index (χ0) is 13.3. The van der Waals surface area contributed by atoms with E-state index in [0.29, 0.717) is 24.7 Å². The molecule has 1 saturated carbocycles. The molecule has 1 aliphatic carbocycles. The molecule has 6 nitrogen and oxygen atoms in total. The smallest absolute Gasteiger partial charge is 0.240 e. The average molecular weight is 301 g/mol. The normalized spacial score (nSPS) is 17.1. The first-order chi connectivity index (χ1) is 9.17. The van der Waals surface area contributed by atoms with Crippen LogP contribution in [0, 0.1) is 0 Å². The van der Waals surface area contributed by atoms with Crippen molar-refractivity contribution in [1.82, 2.24) is 5.32 Å². The minimum Gasteiger partial charge on any atom is -0.492 e. The third-order valence-electron chi connectivity index (χ3n) is 3.24. The lowest BCUT2D eigenvalue weighted by Crippen LogP contribution is -2.44. The maximum atomic E-state index is 11.6. The van der Waals surface area contributed by atoms with Crippen LogP contribution in [0.4, 0.5) is 0 Å². The van der Waals surface area contributed by atoms with Gasteiger partial charge in [0.25, 0.3) is 0 Å². The maximum Gasteiger partial charge on any atom is 0.240 e. The number of rotatable bonds is 5. The molecule has 3 N–H and O–H groups in total. The number of carbonyl (C=O) groups excluding carboxylic acids is 1. The Balaban J connectivity index is 0.00000147. The largest absolute Gasteiger partial charge is 0.492 e. The summed E-state index contributed by atoms with van der Waals surface area (Å²) in [5.74, 6) is 1.99. The second-order valence-electron chi connectivity index (χ2n) is 4.78. The van der Waals surface area contributed by atoms with Gasteiger partial charge in [0.1, 0.15) is 12.4 Å². The molecule has 1 aromatic rings. The number of carbonyl (C=O) groups is 1. The van der Waals surface area contributed by atoms with Gasteiger partial charge >= 0.3 is 0 Å². The Bertz CT molecular complexity index is 505. The van der Waals surface area contributed by atoms with Crippen molar-refractivity contribution in [3.63, 3.8) is 0 Å². The highest BCUT2D eigenvalue weighted by atomic mass is 35.5. The van der Waals surface area contributed by atoms with Crippen LogP contribution in [0.1, 0.15) is 12.8 Å². The third-order valence-corrected chi connectivity index (χ3v) is 3.24. The van der Waals surface area contributed by atoms with Crippen LogP contribution in [0.3, 0.4) is 0 Å². The molecular weight excluding hydrogens is 284 g/mol. The van der Waals surface area contributed by atoms with Gasteiger partial charge in [0, 0.05) is 6.07 Å². The van der Waals surface area contributed by atoms with Crippen molar-refractivity contribution in [2.24, 2.45) is 5.73 Å². The second kappa shape index (κ2) is 5.76. The van der Waals surface area contributed by atoms with Crippen molar-refractivity contribution in [2.75, 3.05) is 19.9 Å². The van der Waals surface area contributed by atoms with E-state index < -0.39 is 5.54 Å². The van der Waals surface area contributed by atoms with E-state index in [4.69, 9.17) is 19.9 Å². The fourth-order valence-corrected chi connectivity index (χ4v) is 1.84. The SMILES string of the molecule is Cl.NC1(C(=O)NCCOc2ccc3c(c2)OCO3)CC1. The lowest BCUT2D eigenvalue weighted by Gasteiger charge is -2.11. The Hall–Kier alpha value is -1.66. The number of ether oxygens (including phenoxy) is 3. The van der Waals surface area contributed by atoms with Gasteiger partial charge in [-0.3, -0.25) is 4.79 Å². The highest BCUT2D eigenvalue weighted by molar-refractivity contribution is 5.88. The van der Waals surface area contributed by atoms with Gasteiger partial charge in [-0.05, 0) is 25.0 Å². The zero-order valence-corrected chi connectivity index (χ0v) is 11.7. The predicted molar refractivity (Wildman–Crippen MR) is 74.5 cm³/mol. The first-order valence-electron chi connectivity index (χ1n) is 6.27. The summed E-state index contributed by atoms with van der Waals surface area (Å²) in [4.78, 5) is 11.6. The van der Waals surface area contributed by atoms with Crippen molar-refractivity contribution >= 4 is 18.3 Å². The van der Waals surface area contributed by atoms with Crippen LogP contribution in [-0.4, -0.2) is 31.4 Å². The van der Waals surface area contributed by atoms with Gasteiger partial charge < -0.3 is 25.3 Å². The predicted octanol–water partition coefficient (Wildman–Crippen LogP) is 0.823. The summed E-state index contributed by atoms with van der Waals surface area (Å²) in [5, 5.41) is 2.76. The standard InChI is InChI=1S/C13H16N2O4.ClH/c14-13(3-4-13)12(16)15-5-6-17-9-1-2-10-11(7-9)19-8-18-10;/h1-2,7H,3-6,8,14H2,(H,15,16);1H. The van der Waals surface area contributed by atoms with Gasteiger partial charge in [0.05, 0.1) is 12.1 Å². The number of hydrogen-bond acceptors (Lipinski definition) is 5. The molecule has 7 heteroatoms. The molecule has 1 aliphatic heterocycles. The molecule has 0 aromatic heterocycles. The minimum atomic E-state index is -0.626. The monoisotopic (exact) mass is 300 g/mol. The molecule has 0 radical (unpaired) electrons. The summed E-state index contributed by atoms with van der Waals surface area (Å²) < 4.78 is 16.0. The lowest BCUT2D eigenvalue weighted by molar-refractivity contribution is -0.123. The summed E-state index contributed by atoms with van der Waals surface area (Å²) in [6.07, 6.45) is 1.53. The molecule has 2 aliphatic rings. The second-order valence-corrected chi connectivity index (χ2v) is 4.78. The van der Waals surface area contributed by atoms with Crippen LogP contribution in [-0.2, 0) is 4.79 Å². The number of halogens is 1. The Kier molecular flexibility index (Phi) is 4.25. The number of nitrogens with two attached hydrogens (primary N) is 1. The molecule has 1 fully saturated rings. The minimum absolute atomic E-state index is 0. The first-order valence-corrected chi connectivity index (χ1v) is 6.27. The van der Waals surface area contributed by atoms with E-state index in [9.17, 15) is 4.79 Å². The molecule has 0 unspecified atom stereocenters. The Morgan fingerprint density at radius 3 is 2.85 bits per heavy atom. The van der Waals surface area contributed by atoms with Crippen LogP contribution < -0.4 is 25.3 Å². The van der Waals surface area contributed by atoms with Crippen molar-refractivity contribution in [2.45, 2.75) is 18.4 Å². The van der Waals surface area contributed by atoms with Gasteiger partial charge in [0.15, 0.2) is 11.5 Å². The summed E-state index contributed by atoms with van der Waals surface area (Å²) in [7, 11) is 0. The van der Waals surface area contributed by atoms with Gasteiger partial charge in [-0.15, -0.1) is 12.4 Å². The average Bonchev–Trinajstić information content (AvgIpc) is 3.00. The van der Waals surface area contributed by atoms with Crippen LogP contribution >= 0.6 is 12.4 Å². The van der Waals surface area contributed by atoms with Gasteiger partial charge in [-0.1, -0.05) is 0 Å². The number of amides is 1. The number of hydrogen-bond donors (Lipinski definition) is 2. The van der Waals surface area contributed by atoms with Crippen LogP contribution in [0.5, 0.6) is 17.2 Å². The van der Waals surface area contributed by atoms with E-state index in [2.05, 4.69) is 5.32 Å². The van der Waals surface area contributed by atoms with E-state index in [0.717, 1.165) is 18.6 Å². The van der Waals surface area contributed by atoms with E-state index >= 15 is 0 Å². The Labute approximate surface area is 123 Å². The molecule has 0 saturated heterocycles. The van der Waals surface area contributed by atoms with Crippen LogP contribution in [0.15, 0.2) is 18.2 Å². The van der Waals surface area contributed by atoms with E-state index in [1.54, 1.807) is 18.2 Å². The molecule has 1 aromatic carbocycles. The molecule has 0 atom stereocenters. The fourth-order valence-electron chi connectivity index (χ4n) is 1.84. The van der Waals surface area contributed by atoms with Gasteiger partial charge in [0.2, 0.25) is 12.7 Å². The number of benzene rings is 1. The molecule has 110 valence electrons. The Morgan fingerprint density at radius 1 is 1.35 bits per heavy atom. The lowest BCUT2D eigenvalue weighted by atomic mass is 10.3. The molecule has 20 heavy (non-hydrogen) atoms. The van der Waals surface area contributed by atoms with Crippen LogP contribution in [0.25, 0.3) is 0 Å². The van der Waals surface area contributed by atoms with Crippen molar-refractivity contribution in [3.8, 4) is 17.2 Å². The van der Waals surface area contributed by atoms with Gasteiger partial charge in [-0.25, -0.2) is 0 Å². The molecule has 1 amide bonds. The van der Waals surface area contributed by atoms with E-state index in [1.165, 1.54) is 0 Å². The van der Waals surface area contributed by atoms with Crippen molar-refractivity contribution in [1.29, 1.82) is 0 Å². The first kappa shape index (κ1) is 14.7. The highest BCUT2D eigenvalue weighted by Gasteiger charge is 2.45. The van der Waals surface area contributed by atoms with Crippen molar-refractivity contribution < 1.29 is 19.0 Å². The molecule has 1 heterocycles. The molecule has 0 spiro atoms. The number of nitrogens with one attached hydrogen (secondary N) is 1. The molecule has 3 rings (SSSR count). The number of fused-ring (bicyclic) bond motifs is 1. The topological polar surface area (TPSA) is 82.8 Å². The summed E-state index contributed by atoms with van der Waals surface area (Å²) in [6.45, 7) is 1.07. The van der Waals surface area contributed by atoms with Gasteiger partial charge in [-0.2, -0.15) is 0 Å². The fraction of sp³-hybridized carbons (Fsp3) is 0.462. The summed E-state index contributed by atoms with van der Waals surface area (Å²) >= 11 is 0. The quantitative estimate of drug-likeness (QED) is 0.787. The zero-order valence-electron chi connectivity index (χ0n) is 10.9. The van der Waals surface area contributed by atoms with Crippen molar-refractivity contribution in [3.05, 3.63) is 18.2 Å². The molecular formula is C13H17ClN2O4. The van der Waals surface area contributed by atoms with E-state index in [1.807, 2.05) is 0 Å². The van der Waals surface area contributed by atoms with E-state index in [-0.39, 0.29) is 25.1 Å². The maximum absolute atomic E-state index is 11.6. The van der Waals surface area contributed by atoms with Crippen LogP contribution in [0.2, 0.25) is 0 Å². The highest BCUT2D eigenvalue weighted by Crippen LogP contribution is 2.35. The molecule has 0 bridgehead atoms.